The number of nitrogens with one attached hydrogen (secondary N) is 1. The summed E-state index contributed by atoms with van der Waals surface area (Å²) in [6, 6.07) is 2.00. The minimum Gasteiger partial charge on any atom is -0.346 e. The van der Waals surface area contributed by atoms with Crippen LogP contribution in [0.15, 0.2) is 11.0 Å². The van der Waals surface area contributed by atoms with E-state index >= 15 is 0 Å². The zero-order valence-electron chi connectivity index (χ0n) is 16.3. The lowest BCUT2D eigenvalue weighted by molar-refractivity contribution is -0.133. The highest BCUT2D eigenvalue weighted by Gasteiger charge is 2.32. The number of amides is 2. The van der Waals surface area contributed by atoms with E-state index in [1.165, 1.54) is 4.31 Å². The molecule has 2 rings (SSSR count). The molecule has 1 heterocycles. The average Bonchev–Trinajstić information content (AvgIpc) is 2.64. The molecule has 0 aliphatic carbocycles. The van der Waals surface area contributed by atoms with Crippen LogP contribution in [-0.2, 0) is 19.6 Å². The normalized spacial score (nSPS) is 15.7. The fraction of sp³-hybridized carbons (Fsp3) is 0.556. The van der Waals surface area contributed by atoms with Crippen LogP contribution in [0.1, 0.15) is 22.3 Å². The molecule has 0 saturated carbocycles. The van der Waals surface area contributed by atoms with Gasteiger partial charge in [-0.1, -0.05) is 6.07 Å². The van der Waals surface area contributed by atoms with E-state index in [9.17, 15) is 18.0 Å². The number of nitrogens with two attached hydrogens (primary N) is 1. The summed E-state index contributed by atoms with van der Waals surface area (Å²) in [5.41, 5.74) is 8.61. The van der Waals surface area contributed by atoms with Gasteiger partial charge in [0.05, 0.1) is 18.0 Å². The highest BCUT2D eigenvalue weighted by molar-refractivity contribution is 7.89. The molecule has 1 aromatic carbocycles. The van der Waals surface area contributed by atoms with Crippen molar-refractivity contribution < 1.29 is 18.0 Å². The van der Waals surface area contributed by atoms with Gasteiger partial charge in [-0.3, -0.25) is 9.59 Å². The van der Waals surface area contributed by atoms with Gasteiger partial charge in [-0.2, -0.15) is 4.31 Å². The number of sulfonamides is 1. The Morgan fingerprint density at radius 3 is 2.04 bits per heavy atom. The third-order valence-electron chi connectivity index (χ3n) is 5.11. The fourth-order valence-electron chi connectivity index (χ4n) is 3.23. The molecule has 3 N–H and O–H groups in total. The fourth-order valence-corrected chi connectivity index (χ4v) is 5.23. The minimum atomic E-state index is -3.64. The Morgan fingerprint density at radius 2 is 1.56 bits per heavy atom. The van der Waals surface area contributed by atoms with Crippen LogP contribution in [0.5, 0.6) is 0 Å². The van der Waals surface area contributed by atoms with Gasteiger partial charge in [-0.15, -0.1) is 0 Å². The molecule has 0 radical (unpaired) electrons. The highest BCUT2D eigenvalue weighted by Crippen LogP contribution is 2.29. The molecule has 1 fully saturated rings. The van der Waals surface area contributed by atoms with E-state index in [2.05, 4.69) is 5.32 Å². The van der Waals surface area contributed by atoms with Crippen molar-refractivity contribution >= 4 is 21.8 Å². The lowest BCUT2D eigenvalue weighted by Crippen LogP contribution is -2.52. The summed E-state index contributed by atoms with van der Waals surface area (Å²) in [7, 11) is -3.64. The zero-order valence-corrected chi connectivity index (χ0v) is 17.1. The Balaban J connectivity index is 2.12. The van der Waals surface area contributed by atoms with E-state index in [-0.39, 0.29) is 32.1 Å². The molecule has 9 heteroatoms. The second kappa shape index (κ2) is 8.37. The summed E-state index contributed by atoms with van der Waals surface area (Å²) in [5.74, 6) is -0.641. The van der Waals surface area contributed by atoms with Gasteiger partial charge in [0.15, 0.2) is 0 Å². The first kappa shape index (κ1) is 21.3. The maximum absolute atomic E-state index is 13.2. The molecule has 0 spiro atoms. The lowest BCUT2D eigenvalue weighted by atomic mass is 10.0. The van der Waals surface area contributed by atoms with Gasteiger partial charge in [0, 0.05) is 26.2 Å². The summed E-state index contributed by atoms with van der Waals surface area (Å²) in [4.78, 5) is 25.2. The molecule has 1 aliphatic heterocycles. The third-order valence-corrected chi connectivity index (χ3v) is 7.28. The van der Waals surface area contributed by atoms with Gasteiger partial charge < -0.3 is 16.0 Å². The maximum Gasteiger partial charge on any atom is 0.243 e. The molecule has 0 bridgehead atoms. The van der Waals surface area contributed by atoms with Crippen LogP contribution < -0.4 is 11.1 Å². The monoisotopic (exact) mass is 396 g/mol. The van der Waals surface area contributed by atoms with Crippen LogP contribution in [0.25, 0.3) is 0 Å². The maximum atomic E-state index is 13.2. The standard InChI is InChI=1S/C18H28N4O4S/c1-12-9-13(2)15(4)18(14(12)3)27(25,26)22-7-5-21(6-8-22)17(24)11-20-16(23)10-19/h9H,5-8,10-11,19H2,1-4H3,(H,20,23). The number of benzene rings is 1. The minimum absolute atomic E-state index is 0.127. The van der Waals surface area contributed by atoms with Gasteiger partial charge in [0.2, 0.25) is 21.8 Å². The van der Waals surface area contributed by atoms with E-state index < -0.39 is 15.9 Å². The Bertz CT molecular complexity index is 817. The largest absolute Gasteiger partial charge is 0.346 e. The third kappa shape index (κ3) is 4.48. The SMILES string of the molecule is Cc1cc(C)c(C)c(S(=O)(=O)N2CCN(C(=O)CNC(=O)CN)CC2)c1C. The predicted molar refractivity (Wildman–Crippen MR) is 103 cm³/mol. The first-order valence-corrected chi connectivity index (χ1v) is 10.4. The number of aryl methyl sites for hydroxylation is 2. The first-order chi connectivity index (χ1) is 12.6. The molecule has 2 amide bonds. The van der Waals surface area contributed by atoms with Gasteiger partial charge in [0.1, 0.15) is 0 Å². The molecule has 1 aliphatic rings. The van der Waals surface area contributed by atoms with E-state index in [0.717, 1.165) is 22.3 Å². The van der Waals surface area contributed by atoms with Crippen molar-refractivity contribution in [2.75, 3.05) is 39.3 Å². The summed E-state index contributed by atoms with van der Waals surface area (Å²) in [5, 5.41) is 2.44. The van der Waals surface area contributed by atoms with Gasteiger partial charge >= 0.3 is 0 Å². The summed E-state index contributed by atoms with van der Waals surface area (Å²) in [6.45, 7) is 8.21. The summed E-state index contributed by atoms with van der Waals surface area (Å²) >= 11 is 0. The van der Waals surface area contributed by atoms with E-state index in [0.29, 0.717) is 18.0 Å². The van der Waals surface area contributed by atoms with Crippen molar-refractivity contribution in [2.24, 2.45) is 5.73 Å². The Hall–Kier alpha value is -1.97. The quantitative estimate of drug-likeness (QED) is 0.717. The van der Waals surface area contributed by atoms with Crippen LogP contribution in [0.4, 0.5) is 0 Å². The van der Waals surface area contributed by atoms with Crippen molar-refractivity contribution in [1.29, 1.82) is 0 Å². The van der Waals surface area contributed by atoms with Crippen molar-refractivity contribution in [1.82, 2.24) is 14.5 Å². The molecule has 27 heavy (non-hydrogen) atoms. The molecule has 1 aromatic rings. The number of carbonyl (C=O) groups is 2. The lowest BCUT2D eigenvalue weighted by Gasteiger charge is -2.34. The van der Waals surface area contributed by atoms with Gasteiger partial charge in [-0.05, 0) is 49.9 Å². The van der Waals surface area contributed by atoms with Crippen LogP contribution in [-0.4, -0.2) is 68.7 Å². The van der Waals surface area contributed by atoms with Crippen molar-refractivity contribution in [3.63, 3.8) is 0 Å². The Kier molecular flexibility index (Phi) is 6.61. The molecule has 0 unspecified atom stereocenters. The van der Waals surface area contributed by atoms with Crippen molar-refractivity contribution in [3.8, 4) is 0 Å². The molecule has 1 saturated heterocycles. The van der Waals surface area contributed by atoms with Crippen LogP contribution >= 0.6 is 0 Å². The highest BCUT2D eigenvalue weighted by atomic mass is 32.2. The number of hydrogen-bond donors (Lipinski definition) is 2. The molecular weight excluding hydrogens is 368 g/mol. The topological polar surface area (TPSA) is 113 Å². The second-order valence-electron chi connectivity index (χ2n) is 6.86. The van der Waals surface area contributed by atoms with E-state index in [1.54, 1.807) is 4.90 Å². The smallest absolute Gasteiger partial charge is 0.243 e. The van der Waals surface area contributed by atoms with E-state index in [4.69, 9.17) is 5.73 Å². The Labute approximate surface area is 160 Å². The number of rotatable bonds is 5. The summed E-state index contributed by atoms with van der Waals surface area (Å²) < 4.78 is 27.9. The van der Waals surface area contributed by atoms with Crippen LogP contribution in [0.2, 0.25) is 0 Å². The van der Waals surface area contributed by atoms with Crippen molar-refractivity contribution in [3.05, 3.63) is 28.3 Å². The first-order valence-electron chi connectivity index (χ1n) is 8.91. The summed E-state index contributed by atoms with van der Waals surface area (Å²) in [6.07, 6.45) is 0. The number of nitrogens with zero attached hydrogens (tertiary/aromatic N) is 2. The molecule has 0 aromatic heterocycles. The molecule has 150 valence electrons. The van der Waals surface area contributed by atoms with Gasteiger partial charge in [0.25, 0.3) is 0 Å². The van der Waals surface area contributed by atoms with Crippen LogP contribution in [0, 0.1) is 27.7 Å². The van der Waals surface area contributed by atoms with E-state index in [1.807, 2.05) is 33.8 Å². The second-order valence-corrected chi connectivity index (χ2v) is 8.73. The molecule has 8 nitrogen and oxygen atoms in total. The Morgan fingerprint density at radius 1 is 1.04 bits per heavy atom. The van der Waals surface area contributed by atoms with Crippen LogP contribution in [0.3, 0.4) is 0 Å². The predicted octanol–water partition coefficient (Wildman–Crippen LogP) is -0.172. The average molecular weight is 397 g/mol. The number of carbonyl (C=O) groups excluding carboxylic acids is 2. The number of piperazine rings is 1. The zero-order chi connectivity index (χ0) is 20.4. The van der Waals surface area contributed by atoms with Crippen molar-refractivity contribution in [2.45, 2.75) is 32.6 Å². The number of hydrogen-bond acceptors (Lipinski definition) is 5. The van der Waals surface area contributed by atoms with Gasteiger partial charge in [-0.25, -0.2) is 8.42 Å². The molecular formula is C18H28N4O4S. The molecule has 0 atom stereocenters.